The number of amides is 4. The van der Waals surface area contributed by atoms with Crippen molar-refractivity contribution in [1.82, 2.24) is 20.4 Å². The third-order valence-corrected chi connectivity index (χ3v) is 6.42. The van der Waals surface area contributed by atoms with Crippen LogP contribution in [0.25, 0.3) is 0 Å². The van der Waals surface area contributed by atoms with Gasteiger partial charge in [0.05, 0.1) is 25.8 Å². The average molecular weight is 472 g/mol. The number of carbonyl (C=O) groups is 3. The minimum absolute atomic E-state index is 0.0877. The van der Waals surface area contributed by atoms with Crippen molar-refractivity contribution in [1.29, 1.82) is 0 Å². The summed E-state index contributed by atoms with van der Waals surface area (Å²) in [6, 6.07) is 11.7. The number of esters is 1. The number of hydrogen-bond donors (Lipinski definition) is 4. The van der Waals surface area contributed by atoms with E-state index in [0.717, 1.165) is 26.6 Å². The number of urea groups is 2. The number of nitrogens with zero attached hydrogens (tertiary/aromatic N) is 2. The summed E-state index contributed by atoms with van der Waals surface area (Å²) in [7, 11) is 1.26. The number of rotatable bonds is 7. The first kappa shape index (κ1) is 22.7. The summed E-state index contributed by atoms with van der Waals surface area (Å²) in [6.45, 7) is 2.14. The third kappa shape index (κ3) is 5.15. The van der Waals surface area contributed by atoms with Crippen LogP contribution in [0.4, 0.5) is 15.3 Å². The molecule has 1 saturated heterocycles. The van der Waals surface area contributed by atoms with E-state index in [2.05, 4.69) is 20.7 Å². The van der Waals surface area contributed by atoms with Gasteiger partial charge in [0.15, 0.2) is 6.29 Å². The topological polar surface area (TPSA) is 123 Å². The Morgan fingerprint density at radius 1 is 1.18 bits per heavy atom. The molecule has 11 heteroatoms. The molecule has 0 bridgehead atoms. The molecule has 2 unspecified atom stereocenters. The fraction of sp³-hybridized carbons (Fsp3) is 0.318. The molecular formula is C22H25N5O5S. The second-order valence-electron chi connectivity index (χ2n) is 7.72. The molecule has 0 saturated carbocycles. The summed E-state index contributed by atoms with van der Waals surface area (Å²) in [5, 5.41) is 19.1. The Labute approximate surface area is 195 Å². The fourth-order valence-electron chi connectivity index (χ4n) is 3.55. The van der Waals surface area contributed by atoms with Crippen molar-refractivity contribution in [2.45, 2.75) is 36.6 Å². The Morgan fingerprint density at radius 3 is 2.67 bits per heavy atom. The highest BCUT2D eigenvalue weighted by Gasteiger charge is 2.40. The van der Waals surface area contributed by atoms with E-state index in [1.165, 1.54) is 23.8 Å². The monoisotopic (exact) mass is 471 g/mol. The zero-order valence-electron chi connectivity index (χ0n) is 18.2. The SMILES string of the molecule is COC(=O)CCN1C(=O)NC(NC2Nc3ccc(O)cc3S2)N(Cc2ccc(C)cc2)C1=O. The summed E-state index contributed by atoms with van der Waals surface area (Å²) in [6.07, 6.45) is -0.890. The molecule has 1 fully saturated rings. The number of aryl methyl sites for hydroxylation is 1. The highest BCUT2D eigenvalue weighted by molar-refractivity contribution is 8.00. The van der Waals surface area contributed by atoms with Gasteiger partial charge in [0.1, 0.15) is 11.2 Å². The number of carbonyl (C=O) groups excluding carboxylic acids is 3. The number of aromatic hydroxyl groups is 1. The van der Waals surface area contributed by atoms with Crippen molar-refractivity contribution in [2.75, 3.05) is 19.0 Å². The number of imide groups is 1. The minimum Gasteiger partial charge on any atom is -0.508 e. The molecule has 2 aliphatic rings. The average Bonchev–Trinajstić information content (AvgIpc) is 3.18. The second-order valence-corrected chi connectivity index (χ2v) is 8.86. The molecule has 33 heavy (non-hydrogen) atoms. The number of fused-ring (bicyclic) bond motifs is 1. The van der Waals surface area contributed by atoms with Gasteiger partial charge in [-0.05, 0) is 30.7 Å². The maximum atomic E-state index is 13.3. The van der Waals surface area contributed by atoms with Crippen molar-refractivity contribution in [3.8, 4) is 5.75 Å². The predicted octanol–water partition coefficient (Wildman–Crippen LogP) is 2.59. The molecule has 2 atom stereocenters. The van der Waals surface area contributed by atoms with E-state index in [-0.39, 0.29) is 30.8 Å². The molecule has 0 aliphatic carbocycles. The van der Waals surface area contributed by atoms with E-state index >= 15 is 0 Å². The smallest absolute Gasteiger partial charge is 0.331 e. The van der Waals surface area contributed by atoms with Crippen LogP contribution in [-0.2, 0) is 16.1 Å². The predicted molar refractivity (Wildman–Crippen MR) is 122 cm³/mol. The van der Waals surface area contributed by atoms with Crippen molar-refractivity contribution in [3.63, 3.8) is 0 Å². The van der Waals surface area contributed by atoms with Crippen molar-refractivity contribution in [2.24, 2.45) is 0 Å². The van der Waals surface area contributed by atoms with Gasteiger partial charge in [-0.15, -0.1) is 0 Å². The lowest BCUT2D eigenvalue weighted by molar-refractivity contribution is -0.140. The number of methoxy groups -OCH3 is 1. The summed E-state index contributed by atoms with van der Waals surface area (Å²) in [5.74, 6) is -0.347. The van der Waals surface area contributed by atoms with Gasteiger partial charge in [0.2, 0.25) is 0 Å². The lowest BCUT2D eigenvalue weighted by Gasteiger charge is -2.42. The Kier molecular flexibility index (Phi) is 6.61. The number of nitrogens with one attached hydrogen (secondary N) is 3. The van der Waals surface area contributed by atoms with E-state index < -0.39 is 24.3 Å². The van der Waals surface area contributed by atoms with Crippen molar-refractivity contribution >= 4 is 35.5 Å². The van der Waals surface area contributed by atoms with Gasteiger partial charge in [-0.1, -0.05) is 41.6 Å². The van der Waals surface area contributed by atoms with Crippen LogP contribution in [-0.4, -0.2) is 58.4 Å². The minimum atomic E-state index is -0.798. The number of phenolic OH excluding ortho intramolecular Hbond substituents is 1. The maximum Gasteiger partial charge on any atom is 0.331 e. The largest absolute Gasteiger partial charge is 0.508 e. The number of thioether (sulfide) groups is 1. The summed E-state index contributed by atoms with van der Waals surface area (Å²) in [4.78, 5) is 40.9. The first-order valence-electron chi connectivity index (χ1n) is 10.4. The number of benzene rings is 2. The van der Waals surface area contributed by atoms with Crippen LogP contribution in [0.1, 0.15) is 17.5 Å². The highest BCUT2D eigenvalue weighted by atomic mass is 32.2. The van der Waals surface area contributed by atoms with E-state index in [1.807, 2.05) is 31.2 Å². The molecule has 0 radical (unpaired) electrons. The third-order valence-electron chi connectivity index (χ3n) is 5.34. The van der Waals surface area contributed by atoms with Crippen molar-refractivity contribution in [3.05, 3.63) is 53.6 Å². The molecule has 174 valence electrons. The Bertz CT molecular complexity index is 1060. The maximum absolute atomic E-state index is 13.3. The number of ether oxygens (including phenoxy) is 1. The number of anilines is 1. The molecule has 0 spiro atoms. The summed E-state index contributed by atoms with van der Waals surface area (Å²) in [5.41, 5.74) is 2.49. The van der Waals surface area contributed by atoms with Crippen LogP contribution >= 0.6 is 11.8 Å². The molecule has 10 nitrogen and oxygen atoms in total. The van der Waals surface area contributed by atoms with Crippen molar-refractivity contribution < 1.29 is 24.2 Å². The Balaban J connectivity index is 1.52. The fourth-order valence-corrected chi connectivity index (χ4v) is 4.63. The number of hydrogen-bond acceptors (Lipinski definition) is 8. The van der Waals surface area contributed by atoms with Gasteiger partial charge in [0.25, 0.3) is 0 Å². The Hall–Kier alpha value is -3.44. The van der Waals surface area contributed by atoms with Gasteiger partial charge in [-0.25, -0.2) is 14.5 Å². The van der Waals surface area contributed by atoms with Crippen LogP contribution in [0.3, 0.4) is 0 Å². The van der Waals surface area contributed by atoms with E-state index in [4.69, 9.17) is 0 Å². The first-order chi connectivity index (χ1) is 15.8. The van der Waals surface area contributed by atoms with Crippen LogP contribution < -0.4 is 16.0 Å². The van der Waals surface area contributed by atoms with Gasteiger partial charge in [-0.2, -0.15) is 0 Å². The summed E-state index contributed by atoms with van der Waals surface area (Å²) < 4.78 is 4.63. The van der Waals surface area contributed by atoms with E-state index in [9.17, 15) is 19.5 Å². The molecule has 2 heterocycles. The van der Waals surface area contributed by atoms with E-state index in [1.54, 1.807) is 18.2 Å². The molecule has 0 aromatic heterocycles. The van der Waals surface area contributed by atoms with Crippen LogP contribution in [0.2, 0.25) is 0 Å². The van der Waals surface area contributed by atoms with E-state index in [0.29, 0.717) is 0 Å². The zero-order chi connectivity index (χ0) is 23.5. The number of phenols is 1. The van der Waals surface area contributed by atoms with Crippen LogP contribution in [0.5, 0.6) is 5.75 Å². The normalized spacial score (nSPS) is 19.7. The van der Waals surface area contributed by atoms with Gasteiger partial charge in [-0.3, -0.25) is 15.0 Å². The molecule has 4 amide bonds. The van der Waals surface area contributed by atoms with Gasteiger partial charge < -0.3 is 20.5 Å². The van der Waals surface area contributed by atoms with Gasteiger partial charge in [0, 0.05) is 11.4 Å². The molecule has 4 rings (SSSR count). The molecule has 2 aromatic rings. The molecule has 4 N–H and O–H groups in total. The van der Waals surface area contributed by atoms with Crippen LogP contribution in [0, 0.1) is 6.92 Å². The summed E-state index contributed by atoms with van der Waals surface area (Å²) >= 11 is 1.43. The quantitative estimate of drug-likeness (QED) is 0.359. The highest BCUT2D eigenvalue weighted by Crippen LogP contribution is 2.39. The second kappa shape index (κ2) is 9.59. The molecular weight excluding hydrogens is 446 g/mol. The Morgan fingerprint density at radius 2 is 1.94 bits per heavy atom. The first-order valence-corrected chi connectivity index (χ1v) is 11.3. The molecule has 2 aromatic carbocycles. The molecule has 2 aliphatic heterocycles. The van der Waals surface area contributed by atoms with Gasteiger partial charge >= 0.3 is 18.0 Å². The lowest BCUT2D eigenvalue weighted by Crippen LogP contribution is -2.70. The standard InChI is InChI=1S/C22H25N5O5S/c1-13-3-5-14(6-4-13)12-27-19(24-20-23-16-8-7-15(28)11-17(16)33-20)25-21(30)26(22(27)31)10-9-18(29)32-2/h3-8,11,19-20,23-24,28H,9-10,12H2,1-2H3,(H,25,30). The lowest BCUT2D eigenvalue weighted by atomic mass is 10.1. The zero-order valence-corrected chi connectivity index (χ0v) is 19.0. The van der Waals surface area contributed by atoms with Crippen LogP contribution in [0.15, 0.2) is 47.4 Å².